The van der Waals surface area contributed by atoms with Crippen LogP contribution in [0.5, 0.6) is 0 Å². The van der Waals surface area contributed by atoms with Gasteiger partial charge in [0.25, 0.3) is 5.91 Å². The minimum atomic E-state index is 0.0932. The molecule has 2 saturated carbocycles. The van der Waals surface area contributed by atoms with E-state index in [1.54, 1.807) is 0 Å². The molecule has 3 fully saturated rings. The van der Waals surface area contributed by atoms with Crippen LogP contribution in [0.15, 0.2) is 4.42 Å². The van der Waals surface area contributed by atoms with Crippen molar-refractivity contribution in [3.8, 4) is 0 Å². The molecule has 0 aromatic carbocycles. The summed E-state index contributed by atoms with van der Waals surface area (Å²) < 4.78 is 5.87. The number of amides is 1. The van der Waals surface area contributed by atoms with Crippen molar-refractivity contribution in [3.05, 3.63) is 17.3 Å². The molecule has 4 heteroatoms. The molecule has 1 saturated heterocycles. The monoisotopic (exact) mass is 302 g/mol. The fourth-order valence-electron chi connectivity index (χ4n) is 4.29. The largest absolute Gasteiger partial charge is 0.435 e. The third-order valence-corrected chi connectivity index (χ3v) is 5.69. The molecule has 0 unspecified atom stereocenters. The summed E-state index contributed by atoms with van der Waals surface area (Å²) in [6.07, 6.45) is 11.0. The van der Waals surface area contributed by atoms with E-state index in [4.69, 9.17) is 4.42 Å². The van der Waals surface area contributed by atoms with Crippen LogP contribution in [0.4, 0.5) is 0 Å². The highest BCUT2D eigenvalue weighted by Crippen LogP contribution is 2.41. The van der Waals surface area contributed by atoms with E-state index in [2.05, 4.69) is 9.88 Å². The minimum absolute atomic E-state index is 0.0932. The zero-order valence-electron chi connectivity index (χ0n) is 13.5. The van der Waals surface area contributed by atoms with Gasteiger partial charge in [0.1, 0.15) is 0 Å². The van der Waals surface area contributed by atoms with E-state index in [0.29, 0.717) is 23.6 Å². The van der Waals surface area contributed by atoms with Crippen molar-refractivity contribution in [1.82, 2.24) is 9.88 Å². The number of fused-ring (bicyclic) bond motifs is 1. The van der Waals surface area contributed by atoms with Crippen LogP contribution in [-0.4, -0.2) is 28.4 Å². The first-order chi connectivity index (χ1) is 10.7. The van der Waals surface area contributed by atoms with Crippen molar-refractivity contribution in [2.75, 3.05) is 6.54 Å². The Morgan fingerprint density at radius 3 is 2.59 bits per heavy atom. The number of carbonyl (C=O) groups excluding carboxylic acids is 1. The zero-order chi connectivity index (χ0) is 15.1. The highest BCUT2D eigenvalue weighted by molar-refractivity contribution is 5.92. The normalized spacial score (nSPS) is 29.0. The third kappa shape index (κ3) is 2.57. The molecule has 0 spiro atoms. The van der Waals surface area contributed by atoms with Gasteiger partial charge in [0.05, 0.1) is 5.69 Å². The van der Waals surface area contributed by atoms with Crippen molar-refractivity contribution in [2.45, 2.75) is 76.7 Å². The van der Waals surface area contributed by atoms with Crippen LogP contribution >= 0.6 is 0 Å². The Morgan fingerprint density at radius 2 is 1.82 bits per heavy atom. The molecule has 1 amide bonds. The lowest BCUT2D eigenvalue weighted by Gasteiger charge is -2.37. The fourth-order valence-corrected chi connectivity index (χ4v) is 4.29. The van der Waals surface area contributed by atoms with E-state index < -0.39 is 0 Å². The standard InChI is InChI=1S/C18H26N2O2/c1-12-16(22-17(19-12)14-9-10-14)18(21)20-11-5-4-7-13-6-2-3-8-15(13)20/h13-15H,2-11H2,1H3/t13-,15-/m0/s1. The summed E-state index contributed by atoms with van der Waals surface area (Å²) >= 11 is 0. The second kappa shape index (κ2) is 5.71. The molecule has 4 nitrogen and oxygen atoms in total. The lowest BCUT2D eigenvalue weighted by Crippen LogP contribution is -2.45. The molecule has 1 aromatic rings. The third-order valence-electron chi connectivity index (χ3n) is 5.69. The van der Waals surface area contributed by atoms with Gasteiger partial charge < -0.3 is 9.32 Å². The number of aromatic nitrogens is 1. The first-order valence-electron chi connectivity index (χ1n) is 9.02. The molecule has 3 aliphatic rings. The van der Waals surface area contributed by atoms with Gasteiger partial charge in [-0.05, 0) is 51.4 Å². The van der Waals surface area contributed by atoms with Crippen LogP contribution in [0, 0.1) is 12.8 Å². The molecule has 22 heavy (non-hydrogen) atoms. The van der Waals surface area contributed by atoms with Gasteiger partial charge in [0.15, 0.2) is 5.89 Å². The van der Waals surface area contributed by atoms with E-state index in [1.807, 2.05) is 6.92 Å². The first-order valence-corrected chi connectivity index (χ1v) is 9.02. The summed E-state index contributed by atoms with van der Waals surface area (Å²) in [5, 5.41) is 0. The zero-order valence-corrected chi connectivity index (χ0v) is 13.5. The Hall–Kier alpha value is -1.32. The number of nitrogens with zero attached hydrogens (tertiary/aromatic N) is 2. The Morgan fingerprint density at radius 1 is 1.09 bits per heavy atom. The number of hydrogen-bond donors (Lipinski definition) is 0. The summed E-state index contributed by atoms with van der Waals surface area (Å²) in [7, 11) is 0. The summed E-state index contributed by atoms with van der Waals surface area (Å²) in [6.45, 7) is 2.80. The van der Waals surface area contributed by atoms with Crippen molar-refractivity contribution in [3.63, 3.8) is 0 Å². The first kappa shape index (κ1) is 14.3. The lowest BCUT2D eigenvalue weighted by atomic mass is 9.81. The Bertz CT molecular complexity index is 561. The quantitative estimate of drug-likeness (QED) is 0.828. The summed E-state index contributed by atoms with van der Waals surface area (Å²) in [5.41, 5.74) is 0.781. The molecule has 1 aliphatic heterocycles. The number of oxazole rings is 1. The summed E-state index contributed by atoms with van der Waals surface area (Å²) in [6, 6.07) is 0.428. The van der Waals surface area contributed by atoms with E-state index in [-0.39, 0.29) is 5.91 Å². The summed E-state index contributed by atoms with van der Waals surface area (Å²) in [5.74, 6) is 2.55. The maximum Gasteiger partial charge on any atom is 0.291 e. The van der Waals surface area contributed by atoms with Crippen LogP contribution in [-0.2, 0) is 0 Å². The average molecular weight is 302 g/mol. The van der Waals surface area contributed by atoms with Crippen LogP contribution in [0.1, 0.15) is 85.8 Å². The van der Waals surface area contributed by atoms with Crippen LogP contribution in [0.3, 0.4) is 0 Å². The van der Waals surface area contributed by atoms with E-state index in [0.717, 1.165) is 37.4 Å². The Labute approximate surface area is 132 Å². The van der Waals surface area contributed by atoms with Crippen molar-refractivity contribution in [1.29, 1.82) is 0 Å². The molecule has 2 aliphatic carbocycles. The van der Waals surface area contributed by atoms with Gasteiger partial charge in [-0.2, -0.15) is 0 Å². The molecule has 0 radical (unpaired) electrons. The van der Waals surface area contributed by atoms with Crippen molar-refractivity contribution >= 4 is 5.91 Å². The summed E-state index contributed by atoms with van der Waals surface area (Å²) in [4.78, 5) is 19.7. The Balaban J connectivity index is 1.59. The van der Waals surface area contributed by atoms with E-state index >= 15 is 0 Å². The fraction of sp³-hybridized carbons (Fsp3) is 0.778. The second-order valence-electron chi connectivity index (χ2n) is 7.35. The van der Waals surface area contributed by atoms with Gasteiger partial charge in [-0.1, -0.05) is 19.3 Å². The molecule has 0 bridgehead atoms. The molecule has 0 N–H and O–H groups in total. The number of hydrogen-bond acceptors (Lipinski definition) is 3. The van der Waals surface area contributed by atoms with Gasteiger partial charge in [0, 0.05) is 18.5 Å². The van der Waals surface area contributed by atoms with Crippen LogP contribution < -0.4 is 0 Å². The van der Waals surface area contributed by atoms with E-state index in [1.165, 1.54) is 38.5 Å². The van der Waals surface area contributed by atoms with Crippen molar-refractivity contribution < 1.29 is 9.21 Å². The molecule has 2 atom stereocenters. The number of aryl methyl sites for hydroxylation is 1. The minimum Gasteiger partial charge on any atom is -0.435 e. The molecule has 2 heterocycles. The SMILES string of the molecule is Cc1nc(C2CC2)oc1C(=O)N1CCCC[C@@H]2CCCC[C@@H]21. The van der Waals surface area contributed by atoms with Gasteiger partial charge in [-0.15, -0.1) is 0 Å². The predicted octanol–water partition coefficient (Wildman–Crippen LogP) is 4.05. The lowest BCUT2D eigenvalue weighted by molar-refractivity contribution is 0.0535. The smallest absolute Gasteiger partial charge is 0.291 e. The maximum absolute atomic E-state index is 13.1. The van der Waals surface area contributed by atoms with Crippen LogP contribution in [0.25, 0.3) is 0 Å². The molecule has 1 aromatic heterocycles. The molecular weight excluding hydrogens is 276 g/mol. The van der Waals surface area contributed by atoms with Crippen molar-refractivity contribution in [2.24, 2.45) is 5.92 Å². The number of rotatable bonds is 2. The molecule has 4 rings (SSSR count). The van der Waals surface area contributed by atoms with Crippen LogP contribution in [0.2, 0.25) is 0 Å². The van der Waals surface area contributed by atoms with Gasteiger partial charge in [-0.25, -0.2) is 4.98 Å². The van der Waals surface area contributed by atoms with Gasteiger partial charge in [0.2, 0.25) is 5.76 Å². The topological polar surface area (TPSA) is 46.3 Å². The van der Waals surface area contributed by atoms with Gasteiger partial charge >= 0.3 is 0 Å². The number of likely N-dealkylation sites (tertiary alicyclic amines) is 1. The average Bonchev–Trinajstić information content (AvgIpc) is 3.32. The Kier molecular flexibility index (Phi) is 3.71. The molecule has 120 valence electrons. The highest BCUT2D eigenvalue weighted by atomic mass is 16.4. The highest BCUT2D eigenvalue weighted by Gasteiger charge is 2.37. The van der Waals surface area contributed by atoms with E-state index in [9.17, 15) is 4.79 Å². The second-order valence-corrected chi connectivity index (χ2v) is 7.35. The number of carbonyl (C=O) groups is 1. The van der Waals surface area contributed by atoms with Gasteiger partial charge in [-0.3, -0.25) is 4.79 Å². The predicted molar refractivity (Wildman–Crippen MR) is 83.8 cm³/mol. The maximum atomic E-state index is 13.1. The molecular formula is C18H26N2O2.